The van der Waals surface area contributed by atoms with Crippen LogP contribution in [0.15, 0.2) is 24.3 Å². The summed E-state index contributed by atoms with van der Waals surface area (Å²) in [5, 5.41) is 10.3. The molecule has 23 heavy (non-hydrogen) atoms. The number of phenolic OH excluding ortho intramolecular Hbond substituents is 1. The third-order valence-electron chi connectivity index (χ3n) is 5.64. The van der Waals surface area contributed by atoms with Crippen LogP contribution in [0, 0.1) is 0 Å². The number of hydrogen-bond acceptors (Lipinski definition) is 4. The number of ether oxygens (including phenoxy) is 2. The van der Waals surface area contributed by atoms with Gasteiger partial charge in [0, 0.05) is 25.1 Å². The topological polar surface area (TPSA) is 41.9 Å². The van der Waals surface area contributed by atoms with Crippen LogP contribution >= 0.6 is 0 Å². The summed E-state index contributed by atoms with van der Waals surface area (Å²) in [6.45, 7) is 7.97. The molecular weight excluding hydrogens is 290 g/mol. The molecule has 4 nitrogen and oxygen atoms in total. The largest absolute Gasteiger partial charge is 0.504 e. The Labute approximate surface area is 137 Å². The van der Waals surface area contributed by atoms with E-state index in [1.807, 2.05) is 6.92 Å². The average Bonchev–Trinajstić information content (AvgIpc) is 2.80. The summed E-state index contributed by atoms with van der Waals surface area (Å²) in [6.07, 6.45) is 6.56. The highest BCUT2D eigenvalue weighted by molar-refractivity contribution is 5.60. The third kappa shape index (κ3) is 2.19. The molecule has 1 N–H and O–H groups in total. The van der Waals surface area contributed by atoms with Crippen LogP contribution in [0.2, 0.25) is 0 Å². The van der Waals surface area contributed by atoms with Crippen LogP contribution in [0.4, 0.5) is 0 Å². The van der Waals surface area contributed by atoms with E-state index in [0.717, 1.165) is 32.5 Å². The molecule has 0 fully saturated rings. The number of nitrogens with zero attached hydrogens (tertiary/aromatic N) is 1. The molecule has 2 aliphatic heterocycles. The van der Waals surface area contributed by atoms with E-state index in [2.05, 4.69) is 30.0 Å². The molecule has 1 aromatic rings. The summed E-state index contributed by atoms with van der Waals surface area (Å²) >= 11 is 0. The third-order valence-corrected chi connectivity index (χ3v) is 5.64. The van der Waals surface area contributed by atoms with Gasteiger partial charge in [0.15, 0.2) is 11.5 Å². The molecule has 3 aliphatic rings. The molecular formula is C19H25NO3. The van der Waals surface area contributed by atoms with Crippen molar-refractivity contribution in [1.29, 1.82) is 0 Å². The molecule has 4 heteroatoms. The van der Waals surface area contributed by atoms with Gasteiger partial charge in [-0.1, -0.05) is 25.1 Å². The first kappa shape index (κ1) is 15.0. The lowest BCUT2D eigenvalue weighted by atomic mass is 9.69. The lowest BCUT2D eigenvalue weighted by Gasteiger charge is -2.37. The first-order chi connectivity index (χ1) is 11.2. The zero-order valence-corrected chi connectivity index (χ0v) is 13.9. The monoisotopic (exact) mass is 315 g/mol. The van der Waals surface area contributed by atoms with Crippen molar-refractivity contribution in [2.45, 2.75) is 50.9 Å². The van der Waals surface area contributed by atoms with Gasteiger partial charge in [-0.2, -0.15) is 0 Å². The molecule has 2 heterocycles. The maximum Gasteiger partial charge on any atom is 0.165 e. The second kappa shape index (κ2) is 5.53. The van der Waals surface area contributed by atoms with Crippen LogP contribution < -0.4 is 4.74 Å². The maximum atomic E-state index is 10.3. The molecule has 0 saturated carbocycles. The van der Waals surface area contributed by atoms with Crippen molar-refractivity contribution in [3.63, 3.8) is 0 Å². The predicted octanol–water partition coefficient (Wildman–Crippen LogP) is 2.98. The first-order valence-corrected chi connectivity index (χ1v) is 8.73. The molecule has 1 aromatic carbocycles. The van der Waals surface area contributed by atoms with Crippen molar-refractivity contribution in [3.05, 3.63) is 35.4 Å². The molecule has 0 radical (unpaired) electrons. The number of phenols is 1. The number of rotatable bonds is 3. The highest BCUT2D eigenvalue weighted by Gasteiger charge is 2.52. The van der Waals surface area contributed by atoms with Crippen LogP contribution in [-0.4, -0.2) is 41.9 Å². The van der Waals surface area contributed by atoms with E-state index in [-0.39, 0.29) is 23.4 Å². The normalized spacial score (nSPS) is 32.1. The lowest BCUT2D eigenvalue weighted by molar-refractivity contribution is 0.0333. The minimum Gasteiger partial charge on any atom is -0.504 e. The fraction of sp³-hybridized carbons (Fsp3) is 0.579. The molecule has 0 unspecified atom stereocenters. The van der Waals surface area contributed by atoms with Gasteiger partial charge in [0.2, 0.25) is 0 Å². The van der Waals surface area contributed by atoms with Gasteiger partial charge in [0.25, 0.3) is 0 Å². The summed E-state index contributed by atoms with van der Waals surface area (Å²) in [5.74, 6) is 0.969. The minimum atomic E-state index is -0.110. The maximum absolute atomic E-state index is 10.3. The van der Waals surface area contributed by atoms with E-state index in [9.17, 15) is 5.11 Å². The molecule has 4 rings (SSSR count). The highest BCUT2D eigenvalue weighted by Crippen LogP contribution is 2.55. The Balaban J connectivity index is 1.82. The summed E-state index contributed by atoms with van der Waals surface area (Å²) in [7, 11) is 0. The second-order valence-corrected chi connectivity index (χ2v) is 6.80. The summed E-state index contributed by atoms with van der Waals surface area (Å²) in [5.41, 5.74) is 2.39. The second-order valence-electron chi connectivity index (χ2n) is 6.80. The van der Waals surface area contributed by atoms with Gasteiger partial charge in [0.05, 0.1) is 11.5 Å². The first-order valence-electron chi connectivity index (χ1n) is 8.73. The zero-order valence-electron chi connectivity index (χ0n) is 13.9. The van der Waals surface area contributed by atoms with Crippen LogP contribution in [0.1, 0.15) is 37.8 Å². The quantitative estimate of drug-likeness (QED) is 0.871. The Morgan fingerprint density at radius 2 is 2.26 bits per heavy atom. The molecule has 0 saturated heterocycles. The molecule has 0 bridgehead atoms. The smallest absolute Gasteiger partial charge is 0.165 e. The molecule has 124 valence electrons. The van der Waals surface area contributed by atoms with Gasteiger partial charge in [-0.25, -0.2) is 0 Å². The lowest BCUT2D eigenvalue weighted by Crippen LogP contribution is -2.43. The van der Waals surface area contributed by atoms with E-state index in [4.69, 9.17) is 9.47 Å². The standard InChI is InChI=1S/C19H25NO3/c1-3-20-10-9-19-8-7-14(22-4-2)11-16(19)23-18-15(21)6-5-13(12-20)17(18)19/h5-8,14,16,21H,3-4,9-12H2,1-2H3/t14-,16-,19-/m0/s1. The molecule has 1 spiro atoms. The van der Waals surface area contributed by atoms with Gasteiger partial charge in [-0.15, -0.1) is 0 Å². The van der Waals surface area contributed by atoms with E-state index >= 15 is 0 Å². The van der Waals surface area contributed by atoms with Gasteiger partial charge < -0.3 is 14.6 Å². The van der Waals surface area contributed by atoms with Crippen molar-refractivity contribution < 1.29 is 14.6 Å². The van der Waals surface area contributed by atoms with Crippen molar-refractivity contribution >= 4 is 0 Å². The van der Waals surface area contributed by atoms with E-state index < -0.39 is 0 Å². The summed E-state index contributed by atoms with van der Waals surface area (Å²) in [6, 6.07) is 3.85. The van der Waals surface area contributed by atoms with E-state index in [1.54, 1.807) is 6.07 Å². The van der Waals surface area contributed by atoms with Crippen LogP contribution in [-0.2, 0) is 16.7 Å². The average molecular weight is 315 g/mol. The van der Waals surface area contributed by atoms with Gasteiger partial charge in [0.1, 0.15) is 6.10 Å². The molecule has 1 aliphatic carbocycles. The van der Waals surface area contributed by atoms with Crippen molar-refractivity contribution in [2.75, 3.05) is 19.7 Å². The fourth-order valence-electron chi connectivity index (χ4n) is 4.44. The Hall–Kier alpha value is -1.52. The minimum absolute atomic E-state index is 0.0582. The summed E-state index contributed by atoms with van der Waals surface area (Å²) < 4.78 is 12.0. The predicted molar refractivity (Wildman–Crippen MR) is 88.9 cm³/mol. The Kier molecular flexibility index (Phi) is 3.62. The Morgan fingerprint density at radius 3 is 3.04 bits per heavy atom. The molecule has 3 atom stereocenters. The number of hydrogen-bond donors (Lipinski definition) is 1. The van der Waals surface area contributed by atoms with Crippen molar-refractivity contribution in [3.8, 4) is 11.5 Å². The Bertz CT molecular complexity index is 642. The van der Waals surface area contributed by atoms with Crippen LogP contribution in [0.25, 0.3) is 0 Å². The number of benzene rings is 1. The van der Waals surface area contributed by atoms with Crippen molar-refractivity contribution in [1.82, 2.24) is 4.90 Å². The van der Waals surface area contributed by atoms with E-state index in [1.165, 1.54) is 11.1 Å². The van der Waals surface area contributed by atoms with E-state index in [0.29, 0.717) is 12.4 Å². The number of aromatic hydroxyl groups is 1. The molecule has 0 aromatic heterocycles. The van der Waals surface area contributed by atoms with Gasteiger partial charge in [-0.05, 0) is 38.1 Å². The SMILES string of the molecule is CCO[C@H]1C=C[C@@]23CCN(CC)Cc4ccc(O)c(c42)O[C@H]3C1. The van der Waals surface area contributed by atoms with Gasteiger partial charge in [-0.3, -0.25) is 4.90 Å². The Morgan fingerprint density at radius 1 is 1.39 bits per heavy atom. The highest BCUT2D eigenvalue weighted by atomic mass is 16.5. The van der Waals surface area contributed by atoms with Crippen LogP contribution in [0.3, 0.4) is 0 Å². The fourth-order valence-corrected chi connectivity index (χ4v) is 4.44. The van der Waals surface area contributed by atoms with Crippen LogP contribution in [0.5, 0.6) is 11.5 Å². The zero-order chi connectivity index (χ0) is 16.0. The summed E-state index contributed by atoms with van der Waals surface area (Å²) in [4.78, 5) is 2.47. The van der Waals surface area contributed by atoms with Crippen molar-refractivity contribution in [2.24, 2.45) is 0 Å². The molecule has 0 amide bonds. The van der Waals surface area contributed by atoms with Gasteiger partial charge >= 0.3 is 0 Å².